The number of nitrogens with one attached hydrogen (secondary N) is 1. The minimum atomic E-state index is -3.65. The molecule has 0 spiro atoms. The molecule has 0 aliphatic carbocycles. The molecule has 0 radical (unpaired) electrons. The van der Waals surface area contributed by atoms with Gasteiger partial charge in [0, 0.05) is 12.2 Å². The van der Waals surface area contributed by atoms with Crippen LogP contribution in [0.25, 0.3) is 0 Å². The summed E-state index contributed by atoms with van der Waals surface area (Å²) in [6, 6.07) is 8.47. The molecule has 18 heavy (non-hydrogen) atoms. The van der Waals surface area contributed by atoms with Crippen LogP contribution in [0, 0.1) is 0 Å². The Hall–Kier alpha value is -0.890. The van der Waals surface area contributed by atoms with Crippen LogP contribution in [-0.4, -0.2) is 8.42 Å². The number of hydrogen-bond acceptors (Lipinski definition) is 4. The van der Waals surface area contributed by atoms with Crippen molar-refractivity contribution in [2.45, 2.75) is 11.4 Å². The molecule has 0 fully saturated rings. The van der Waals surface area contributed by atoms with Crippen LogP contribution in [0.4, 0.5) is 5.69 Å². The van der Waals surface area contributed by atoms with Crippen LogP contribution in [0.15, 0.2) is 44.4 Å². The van der Waals surface area contributed by atoms with Crippen molar-refractivity contribution in [2.75, 3.05) is 5.32 Å². The highest BCUT2D eigenvalue weighted by molar-refractivity contribution is 9.11. The van der Waals surface area contributed by atoms with E-state index < -0.39 is 10.0 Å². The zero-order valence-corrected chi connectivity index (χ0v) is 12.5. The van der Waals surface area contributed by atoms with Crippen LogP contribution in [0.2, 0.25) is 0 Å². The van der Waals surface area contributed by atoms with E-state index in [0.29, 0.717) is 6.54 Å². The number of thiophene rings is 1. The van der Waals surface area contributed by atoms with Crippen molar-refractivity contribution in [1.82, 2.24) is 0 Å². The second-order valence-electron chi connectivity index (χ2n) is 3.69. The number of nitrogens with two attached hydrogens (primary N) is 1. The number of primary sulfonamides is 1. The topological polar surface area (TPSA) is 72.2 Å². The first-order chi connectivity index (χ1) is 8.45. The largest absolute Gasteiger partial charge is 0.381 e. The molecule has 1 aromatic heterocycles. The van der Waals surface area contributed by atoms with Gasteiger partial charge in [-0.2, -0.15) is 0 Å². The van der Waals surface area contributed by atoms with Gasteiger partial charge in [0.15, 0.2) is 0 Å². The summed E-state index contributed by atoms with van der Waals surface area (Å²) in [4.78, 5) is 0.110. The Morgan fingerprint density at radius 3 is 2.72 bits per heavy atom. The Bertz CT molecular complexity index is 653. The van der Waals surface area contributed by atoms with Crippen molar-refractivity contribution in [1.29, 1.82) is 0 Å². The van der Waals surface area contributed by atoms with Crippen molar-refractivity contribution in [3.63, 3.8) is 0 Å². The summed E-state index contributed by atoms with van der Waals surface area (Å²) in [6.07, 6.45) is 0. The Morgan fingerprint density at radius 2 is 2.11 bits per heavy atom. The van der Waals surface area contributed by atoms with Crippen molar-refractivity contribution in [2.24, 2.45) is 5.14 Å². The molecule has 4 nitrogen and oxygen atoms in total. The lowest BCUT2D eigenvalue weighted by Crippen LogP contribution is -2.12. The maximum absolute atomic E-state index is 11.2. The minimum absolute atomic E-state index is 0.110. The normalized spacial score (nSPS) is 11.4. The van der Waals surface area contributed by atoms with Gasteiger partial charge in [-0.15, -0.1) is 11.3 Å². The lowest BCUT2D eigenvalue weighted by atomic mass is 10.3. The molecule has 0 atom stereocenters. The van der Waals surface area contributed by atoms with Crippen molar-refractivity contribution >= 4 is 43.0 Å². The van der Waals surface area contributed by atoms with Crippen molar-refractivity contribution in [3.8, 4) is 0 Å². The molecule has 7 heteroatoms. The average Bonchev–Trinajstić information content (AvgIpc) is 2.72. The molecular weight excluding hydrogens is 336 g/mol. The third-order valence-electron chi connectivity index (χ3n) is 2.28. The molecule has 2 aromatic rings. The van der Waals surface area contributed by atoms with Gasteiger partial charge < -0.3 is 5.32 Å². The van der Waals surface area contributed by atoms with Crippen molar-refractivity contribution in [3.05, 3.63) is 45.1 Å². The van der Waals surface area contributed by atoms with Gasteiger partial charge in [-0.05, 0) is 51.1 Å². The Morgan fingerprint density at radius 1 is 1.33 bits per heavy atom. The third kappa shape index (κ3) is 3.55. The van der Waals surface area contributed by atoms with E-state index in [1.807, 2.05) is 11.4 Å². The lowest BCUT2D eigenvalue weighted by molar-refractivity contribution is 0.598. The summed E-state index contributed by atoms with van der Waals surface area (Å²) in [5.41, 5.74) is 1.86. The molecule has 96 valence electrons. The number of anilines is 1. The predicted octanol–water partition coefficient (Wildman–Crippen LogP) is 2.77. The highest BCUT2D eigenvalue weighted by atomic mass is 79.9. The minimum Gasteiger partial charge on any atom is -0.381 e. The first kappa shape index (κ1) is 13.5. The van der Waals surface area contributed by atoms with Crippen LogP contribution >= 0.6 is 27.3 Å². The van der Waals surface area contributed by atoms with E-state index >= 15 is 0 Å². The van der Waals surface area contributed by atoms with Crippen LogP contribution < -0.4 is 10.5 Å². The molecule has 0 aliphatic rings. The van der Waals surface area contributed by atoms with Gasteiger partial charge in [0.1, 0.15) is 0 Å². The monoisotopic (exact) mass is 346 g/mol. The molecule has 0 unspecified atom stereocenters. The fourth-order valence-electron chi connectivity index (χ4n) is 1.43. The average molecular weight is 347 g/mol. The number of hydrogen-bond donors (Lipinski definition) is 2. The molecule has 0 bridgehead atoms. The summed E-state index contributed by atoms with van der Waals surface area (Å²) in [7, 11) is -3.65. The summed E-state index contributed by atoms with van der Waals surface area (Å²) in [5, 5.41) is 10.3. The SMILES string of the molecule is NS(=O)(=O)c1cccc(NCc2csc(Br)c2)c1. The lowest BCUT2D eigenvalue weighted by Gasteiger charge is -2.06. The van der Waals surface area contributed by atoms with Crippen molar-refractivity contribution < 1.29 is 8.42 Å². The maximum atomic E-state index is 11.2. The van der Waals surface area contributed by atoms with Crippen LogP contribution in [0.3, 0.4) is 0 Å². The summed E-state index contributed by atoms with van der Waals surface area (Å²) >= 11 is 5.00. The van der Waals surface area contributed by atoms with Gasteiger partial charge >= 0.3 is 0 Å². The second kappa shape index (κ2) is 5.40. The van der Waals surface area contributed by atoms with Crippen LogP contribution in [0.1, 0.15) is 5.56 Å². The van der Waals surface area contributed by atoms with E-state index in [4.69, 9.17) is 5.14 Å². The molecular formula is C11H11BrN2O2S2. The zero-order chi connectivity index (χ0) is 13.2. The number of rotatable bonds is 4. The second-order valence-corrected chi connectivity index (χ2v) is 7.54. The summed E-state index contributed by atoms with van der Waals surface area (Å²) in [6.45, 7) is 0.635. The Kier molecular flexibility index (Phi) is 4.06. The van der Waals surface area contributed by atoms with Gasteiger partial charge in [0.2, 0.25) is 10.0 Å². The number of benzene rings is 1. The molecule has 0 amide bonds. The van der Waals surface area contributed by atoms with Gasteiger partial charge in [0.05, 0.1) is 8.68 Å². The van der Waals surface area contributed by atoms with Gasteiger partial charge in [0.25, 0.3) is 0 Å². The highest BCUT2D eigenvalue weighted by Crippen LogP contribution is 2.22. The summed E-state index contributed by atoms with van der Waals surface area (Å²) < 4.78 is 23.5. The van der Waals surface area contributed by atoms with Gasteiger partial charge in [-0.25, -0.2) is 13.6 Å². The first-order valence-electron chi connectivity index (χ1n) is 5.05. The van der Waals surface area contributed by atoms with Gasteiger partial charge in [-0.3, -0.25) is 0 Å². The van der Waals surface area contributed by atoms with Gasteiger partial charge in [-0.1, -0.05) is 6.07 Å². The molecule has 1 aromatic carbocycles. The van der Waals surface area contributed by atoms with E-state index in [0.717, 1.165) is 15.0 Å². The van der Waals surface area contributed by atoms with Crippen LogP contribution in [0.5, 0.6) is 0 Å². The van der Waals surface area contributed by atoms with Crippen LogP contribution in [-0.2, 0) is 16.6 Å². The molecule has 2 rings (SSSR count). The van der Waals surface area contributed by atoms with E-state index in [1.54, 1.807) is 23.5 Å². The predicted molar refractivity (Wildman–Crippen MR) is 77.2 cm³/mol. The zero-order valence-electron chi connectivity index (χ0n) is 9.26. The Balaban J connectivity index is 2.11. The molecule has 0 saturated heterocycles. The third-order valence-corrected chi connectivity index (χ3v) is 4.75. The van der Waals surface area contributed by atoms with E-state index in [1.165, 1.54) is 12.1 Å². The Labute approximate surface area is 118 Å². The summed E-state index contributed by atoms with van der Waals surface area (Å²) in [5.74, 6) is 0. The maximum Gasteiger partial charge on any atom is 0.238 e. The number of halogens is 1. The highest BCUT2D eigenvalue weighted by Gasteiger charge is 2.07. The van der Waals surface area contributed by atoms with E-state index in [9.17, 15) is 8.42 Å². The number of sulfonamides is 1. The molecule has 3 N–H and O–H groups in total. The molecule has 0 saturated carbocycles. The van der Waals surface area contributed by atoms with E-state index in [2.05, 4.69) is 21.2 Å². The standard InChI is InChI=1S/C11H11BrN2O2S2/c12-11-4-8(7-17-11)6-14-9-2-1-3-10(5-9)18(13,15)16/h1-5,7,14H,6H2,(H2,13,15,16). The first-order valence-corrected chi connectivity index (χ1v) is 8.27. The van der Waals surface area contributed by atoms with E-state index in [-0.39, 0.29) is 4.90 Å². The molecule has 1 heterocycles. The smallest absolute Gasteiger partial charge is 0.238 e. The fourth-order valence-corrected chi connectivity index (χ4v) is 3.19. The fraction of sp³-hybridized carbons (Fsp3) is 0.0909. The quantitative estimate of drug-likeness (QED) is 0.893. The molecule has 0 aliphatic heterocycles.